The van der Waals surface area contributed by atoms with Crippen molar-refractivity contribution in [2.75, 3.05) is 7.11 Å². The van der Waals surface area contributed by atoms with Crippen LogP contribution < -0.4 is 4.74 Å². The monoisotopic (exact) mass is 353 g/mol. The lowest BCUT2D eigenvalue weighted by atomic mass is 10.1. The second-order valence-corrected chi connectivity index (χ2v) is 4.17. The third-order valence-corrected chi connectivity index (χ3v) is 2.99. The zero-order chi connectivity index (χ0) is 15.3. The summed E-state index contributed by atoms with van der Waals surface area (Å²) in [6, 6.07) is 2.14. The van der Waals surface area contributed by atoms with Crippen LogP contribution in [0.2, 0.25) is 0 Å². The van der Waals surface area contributed by atoms with Gasteiger partial charge in [0.1, 0.15) is 5.75 Å². The van der Waals surface area contributed by atoms with Crippen molar-refractivity contribution in [1.82, 2.24) is 0 Å². The van der Waals surface area contributed by atoms with Crippen molar-refractivity contribution < 1.29 is 28.0 Å². The Morgan fingerprint density at radius 1 is 1.45 bits per heavy atom. The number of nitrogens with zero attached hydrogens (tertiary/aromatic N) is 1. The normalized spacial score (nSPS) is 10.4. The Kier molecular flexibility index (Phi) is 5.81. The number of hydrogen-bond acceptors (Lipinski definition) is 5. The van der Waals surface area contributed by atoms with E-state index >= 15 is 0 Å². The quantitative estimate of drug-likeness (QED) is 0.340. The third-order valence-electron chi connectivity index (χ3n) is 2.38. The van der Waals surface area contributed by atoms with Crippen molar-refractivity contribution >= 4 is 27.6 Å². The van der Waals surface area contributed by atoms with Gasteiger partial charge in [0.25, 0.3) is 5.69 Å². The van der Waals surface area contributed by atoms with Gasteiger partial charge < -0.3 is 9.47 Å². The fraction of sp³-hybridized carbons (Fsp3) is 0.364. The molecule has 1 rings (SSSR count). The summed E-state index contributed by atoms with van der Waals surface area (Å²) < 4.78 is 33.2. The number of nitro benzene ring substituents is 1. The Labute approximate surface area is 120 Å². The fourth-order valence-electron chi connectivity index (χ4n) is 1.51. The van der Waals surface area contributed by atoms with Crippen molar-refractivity contribution in [3.8, 4) is 5.75 Å². The van der Waals surface area contributed by atoms with Gasteiger partial charge in [0.2, 0.25) is 0 Å². The molecular weight excluding hydrogens is 344 g/mol. The van der Waals surface area contributed by atoms with Crippen LogP contribution in [0.4, 0.5) is 14.5 Å². The lowest BCUT2D eigenvalue weighted by Gasteiger charge is -2.11. The number of benzene rings is 1. The van der Waals surface area contributed by atoms with E-state index in [1.165, 1.54) is 6.07 Å². The van der Waals surface area contributed by atoms with Crippen LogP contribution in [0.3, 0.4) is 0 Å². The van der Waals surface area contributed by atoms with E-state index in [0.29, 0.717) is 0 Å². The van der Waals surface area contributed by atoms with Crippen LogP contribution in [0.25, 0.3) is 0 Å². The summed E-state index contributed by atoms with van der Waals surface area (Å²) in [6.07, 6.45) is -0.332. The molecule has 20 heavy (non-hydrogen) atoms. The SMILES string of the molecule is COC(=O)Cc1cc(CBr)c(OC(F)F)cc1[N+](=O)[O-]. The fourth-order valence-corrected chi connectivity index (χ4v) is 1.95. The Morgan fingerprint density at radius 3 is 2.55 bits per heavy atom. The minimum absolute atomic E-state index is 0.0675. The summed E-state index contributed by atoms with van der Waals surface area (Å²) in [6.45, 7) is -3.10. The van der Waals surface area contributed by atoms with Gasteiger partial charge in [-0.2, -0.15) is 8.78 Å². The molecule has 110 valence electrons. The summed E-state index contributed by atoms with van der Waals surface area (Å²) in [5.74, 6) is -0.978. The maximum atomic E-state index is 12.3. The Hall–Kier alpha value is -1.77. The smallest absolute Gasteiger partial charge is 0.387 e. The highest BCUT2D eigenvalue weighted by atomic mass is 79.9. The molecule has 0 heterocycles. The average Bonchev–Trinajstić information content (AvgIpc) is 2.38. The second kappa shape index (κ2) is 7.13. The lowest BCUT2D eigenvalue weighted by Crippen LogP contribution is -2.09. The van der Waals surface area contributed by atoms with E-state index in [0.717, 1.165) is 13.2 Å². The molecule has 0 spiro atoms. The van der Waals surface area contributed by atoms with Gasteiger partial charge in [0.05, 0.1) is 24.5 Å². The standard InChI is InChI=1S/C11H10BrF2NO5/c1-19-10(16)3-6-2-7(5-12)9(20-11(13)14)4-8(6)15(17)18/h2,4,11H,3,5H2,1H3. The number of carbonyl (C=O) groups is 1. The summed E-state index contributed by atoms with van der Waals surface area (Å²) in [7, 11) is 1.15. The van der Waals surface area contributed by atoms with E-state index in [9.17, 15) is 23.7 Å². The van der Waals surface area contributed by atoms with Gasteiger partial charge in [-0.1, -0.05) is 15.9 Å². The molecule has 9 heteroatoms. The van der Waals surface area contributed by atoms with Crippen LogP contribution in [0.15, 0.2) is 12.1 Å². The molecule has 0 N–H and O–H groups in total. The Morgan fingerprint density at radius 2 is 2.10 bits per heavy atom. The van der Waals surface area contributed by atoms with E-state index in [1.54, 1.807) is 0 Å². The number of halogens is 3. The molecular formula is C11H10BrF2NO5. The maximum Gasteiger partial charge on any atom is 0.387 e. The van der Waals surface area contributed by atoms with Gasteiger partial charge in [-0.05, 0) is 6.07 Å². The molecule has 0 fully saturated rings. The molecule has 0 aliphatic heterocycles. The van der Waals surface area contributed by atoms with Gasteiger partial charge in [-0.15, -0.1) is 0 Å². The van der Waals surface area contributed by atoms with Crippen molar-refractivity contribution in [3.05, 3.63) is 33.4 Å². The summed E-state index contributed by atoms with van der Waals surface area (Å²) in [4.78, 5) is 21.4. The highest BCUT2D eigenvalue weighted by Crippen LogP contribution is 2.32. The average molecular weight is 354 g/mol. The molecule has 0 amide bonds. The third kappa shape index (κ3) is 4.12. The number of esters is 1. The van der Waals surface area contributed by atoms with Crippen molar-refractivity contribution in [2.45, 2.75) is 18.4 Å². The van der Waals surface area contributed by atoms with Gasteiger partial charge >= 0.3 is 12.6 Å². The molecule has 0 aliphatic rings. The van der Waals surface area contributed by atoms with E-state index in [2.05, 4.69) is 25.4 Å². The Bertz CT molecular complexity index is 524. The Balaban J connectivity index is 3.29. The number of nitro groups is 1. The minimum Gasteiger partial charge on any atom is -0.469 e. The summed E-state index contributed by atoms with van der Waals surface area (Å²) >= 11 is 3.07. The number of ether oxygens (including phenoxy) is 2. The molecule has 0 aromatic heterocycles. The van der Waals surface area contributed by atoms with E-state index in [1.807, 2.05) is 0 Å². The van der Waals surface area contributed by atoms with E-state index < -0.39 is 23.2 Å². The van der Waals surface area contributed by atoms with Crippen LogP contribution in [0.1, 0.15) is 11.1 Å². The van der Waals surface area contributed by atoms with Crippen molar-refractivity contribution in [1.29, 1.82) is 0 Å². The van der Waals surface area contributed by atoms with Crippen LogP contribution >= 0.6 is 15.9 Å². The minimum atomic E-state index is -3.10. The molecule has 0 radical (unpaired) electrons. The van der Waals surface area contributed by atoms with Gasteiger partial charge in [-0.3, -0.25) is 14.9 Å². The molecule has 0 unspecified atom stereocenters. The number of alkyl halides is 3. The first-order valence-corrected chi connectivity index (χ1v) is 6.39. The topological polar surface area (TPSA) is 78.7 Å². The van der Waals surface area contributed by atoms with Gasteiger partial charge in [-0.25, -0.2) is 0 Å². The second-order valence-electron chi connectivity index (χ2n) is 3.61. The van der Waals surface area contributed by atoms with Crippen LogP contribution in [-0.2, 0) is 21.3 Å². The highest BCUT2D eigenvalue weighted by molar-refractivity contribution is 9.08. The molecule has 0 atom stereocenters. The predicted molar refractivity (Wildman–Crippen MR) is 68.1 cm³/mol. The number of rotatable bonds is 6. The molecule has 0 saturated carbocycles. The van der Waals surface area contributed by atoms with Crippen molar-refractivity contribution in [2.24, 2.45) is 0 Å². The van der Waals surface area contributed by atoms with E-state index in [-0.39, 0.29) is 28.6 Å². The number of hydrogen-bond donors (Lipinski definition) is 0. The number of carbonyl (C=O) groups excluding carboxylic acids is 1. The largest absolute Gasteiger partial charge is 0.469 e. The zero-order valence-corrected chi connectivity index (χ0v) is 11.9. The molecule has 0 bridgehead atoms. The van der Waals surface area contributed by atoms with Crippen LogP contribution in [-0.4, -0.2) is 24.6 Å². The highest BCUT2D eigenvalue weighted by Gasteiger charge is 2.22. The van der Waals surface area contributed by atoms with Gasteiger partial charge in [0, 0.05) is 16.5 Å². The lowest BCUT2D eigenvalue weighted by molar-refractivity contribution is -0.385. The molecule has 0 saturated heterocycles. The van der Waals surface area contributed by atoms with Gasteiger partial charge in [0.15, 0.2) is 0 Å². The number of methoxy groups -OCH3 is 1. The van der Waals surface area contributed by atoms with Crippen LogP contribution in [0.5, 0.6) is 5.75 Å². The maximum absolute atomic E-state index is 12.3. The first kappa shape index (κ1) is 16.3. The van der Waals surface area contributed by atoms with Crippen molar-refractivity contribution in [3.63, 3.8) is 0 Å². The summed E-state index contributed by atoms with van der Waals surface area (Å²) in [5, 5.41) is 11.1. The molecule has 6 nitrogen and oxygen atoms in total. The zero-order valence-electron chi connectivity index (χ0n) is 10.3. The first-order chi connectivity index (χ1) is 9.38. The summed E-state index contributed by atoms with van der Waals surface area (Å²) in [5.41, 5.74) is -0.136. The molecule has 1 aromatic rings. The van der Waals surface area contributed by atoms with E-state index in [4.69, 9.17) is 0 Å². The predicted octanol–water partition coefficient (Wildman–Crippen LogP) is 2.81. The van der Waals surface area contributed by atoms with Crippen LogP contribution in [0, 0.1) is 10.1 Å². The first-order valence-electron chi connectivity index (χ1n) is 5.26. The molecule has 0 aliphatic carbocycles. The molecule has 1 aromatic carbocycles.